The molecule has 0 saturated heterocycles. The van der Waals surface area contributed by atoms with Gasteiger partial charge in [0.25, 0.3) is 5.56 Å². The van der Waals surface area contributed by atoms with E-state index in [1.54, 1.807) is 6.07 Å². The van der Waals surface area contributed by atoms with Gasteiger partial charge in [0.1, 0.15) is 0 Å². The van der Waals surface area contributed by atoms with Gasteiger partial charge in [-0.25, -0.2) is 0 Å². The van der Waals surface area contributed by atoms with Crippen molar-refractivity contribution in [2.24, 2.45) is 4.99 Å². The minimum atomic E-state index is 0. The summed E-state index contributed by atoms with van der Waals surface area (Å²) in [4.78, 5) is 16.6. The highest BCUT2D eigenvalue weighted by atomic mass is 127. The topological polar surface area (TPSA) is 58.4 Å². The zero-order valence-electron chi connectivity index (χ0n) is 18.1. The maximum Gasteiger partial charge on any atom is 0.250 e. The van der Waals surface area contributed by atoms with E-state index in [9.17, 15) is 4.79 Å². The second kappa shape index (κ2) is 13.4. The number of hydrogen-bond acceptors (Lipinski definition) is 2. The van der Waals surface area contributed by atoms with Crippen LogP contribution in [-0.2, 0) is 6.54 Å². The third-order valence-corrected chi connectivity index (χ3v) is 4.88. The van der Waals surface area contributed by atoms with E-state index in [2.05, 4.69) is 55.7 Å². The number of aromatic nitrogens is 1. The van der Waals surface area contributed by atoms with Crippen molar-refractivity contribution in [2.75, 3.05) is 19.6 Å². The van der Waals surface area contributed by atoms with Gasteiger partial charge >= 0.3 is 0 Å². The summed E-state index contributed by atoms with van der Waals surface area (Å²) in [5, 5.41) is 6.71. The molecular formula is C23H35IN4O. The number of nitrogens with one attached hydrogen (secondary N) is 2. The van der Waals surface area contributed by atoms with E-state index in [-0.39, 0.29) is 29.5 Å². The molecule has 0 radical (unpaired) electrons. The van der Waals surface area contributed by atoms with Gasteiger partial charge < -0.3 is 15.2 Å². The normalized spacial score (nSPS) is 12.2. The fraction of sp³-hybridized carbons (Fsp3) is 0.478. The molecule has 2 N–H and O–H groups in total. The summed E-state index contributed by atoms with van der Waals surface area (Å²) >= 11 is 0. The van der Waals surface area contributed by atoms with Crippen LogP contribution in [0.1, 0.15) is 49.4 Å². The predicted octanol–water partition coefficient (Wildman–Crippen LogP) is 4.22. The summed E-state index contributed by atoms with van der Waals surface area (Å²) in [6.07, 6.45) is 1.94. The van der Waals surface area contributed by atoms with Crippen LogP contribution in [0.2, 0.25) is 0 Å². The lowest BCUT2D eigenvalue weighted by molar-refractivity contribution is 0.574. The first-order valence-electron chi connectivity index (χ1n) is 10.3. The molecule has 1 atom stereocenters. The van der Waals surface area contributed by atoms with E-state index in [1.165, 1.54) is 11.1 Å². The fourth-order valence-electron chi connectivity index (χ4n) is 3.08. The van der Waals surface area contributed by atoms with Gasteiger partial charge in [-0.05, 0) is 45.2 Å². The van der Waals surface area contributed by atoms with E-state index in [0.717, 1.165) is 50.7 Å². The summed E-state index contributed by atoms with van der Waals surface area (Å²) in [5.74, 6) is 1.23. The van der Waals surface area contributed by atoms with Crippen molar-refractivity contribution in [3.63, 3.8) is 0 Å². The van der Waals surface area contributed by atoms with Crippen LogP contribution in [0.15, 0.2) is 52.3 Å². The van der Waals surface area contributed by atoms with Crippen LogP contribution < -0.4 is 16.2 Å². The zero-order valence-corrected chi connectivity index (χ0v) is 20.4. The van der Waals surface area contributed by atoms with Crippen LogP contribution in [0.4, 0.5) is 0 Å². The molecule has 5 nitrogen and oxygen atoms in total. The first-order chi connectivity index (χ1) is 13.5. The predicted molar refractivity (Wildman–Crippen MR) is 134 cm³/mol. The van der Waals surface area contributed by atoms with Crippen molar-refractivity contribution in [1.29, 1.82) is 0 Å². The van der Waals surface area contributed by atoms with Crippen LogP contribution >= 0.6 is 24.0 Å². The average Bonchev–Trinajstić information content (AvgIpc) is 2.68. The molecule has 0 aliphatic heterocycles. The Hall–Kier alpha value is -1.83. The van der Waals surface area contributed by atoms with Gasteiger partial charge in [-0.15, -0.1) is 24.0 Å². The van der Waals surface area contributed by atoms with Crippen molar-refractivity contribution < 1.29 is 0 Å². The molecule has 6 heteroatoms. The third kappa shape index (κ3) is 8.60. The van der Waals surface area contributed by atoms with Gasteiger partial charge in [0, 0.05) is 43.9 Å². The summed E-state index contributed by atoms with van der Waals surface area (Å²) in [5.41, 5.74) is 3.68. The molecule has 1 aromatic heterocycles. The lowest BCUT2D eigenvalue weighted by atomic mass is 10.0. The van der Waals surface area contributed by atoms with Crippen molar-refractivity contribution in [1.82, 2.24) is 15.2 Å². The molecular weight excluding hydrogens is 475 g/mol. The van der Waals surface area contributed by atoms with E-state index < -0.39 is 0 Å². The smallest absolute Gasteiger partial charge is 0.250 e. The van der Waals surface area contributed by atoms with Gasteiger partial charge in [-0.1, -0.05) is 42.8 Å². The van der Waals surface area contributed by atoms with E-state index >= 15 is 0 Å². The zero-order chi connectivity index (χ0) is 20.4. The Balaban J connectivity index is 0.00000420. The highest BCUT2D eigenvalue weighted by Gasteiger charge is 2.05. The second-order valence-electron chi connectivity index (χ2n) is 7.32. The highest BCUT2D eigenvalue weighted by Crippen LogP contribution is 2.15. The monoisotopic (exact) mass is 510 g/mol. The van der Waals surface area contributed by atoms with E-state index in [1.807, 2.05) is 23.6 Å². The van der Waals surface area contributed by atoms with Crippen molar-refractivity contribution in [3.05, 3.63) is 69.6 Å². The van der Waals surface area contributed by atoms with Crippen molar-refractivity contribution in [3.8, 4) is 0 Å². The highest BCUT2D eigenvalue weighted by molar-refractivity contribution is 14.0. The van der Waals surface area contributed by atoms with Crippen LogP contribution in [0.5, 0.6) is 0 Å². The average molecular weight is 510 g/mol. The number of aliphatic imine (C=N–C) groups is 1. The number of halogens is 1. The molecule has 0 saturated carbocycles. The second-order valence-corrected chi connectivity index (χ2v) is 7.32. The number of nitrogens with zero attached hydrogens (tertiary/aromatic N) is 2. The lowest BCUT2D eigenvalue weighted by Gasteiger charge is -2.14. The van der Waals surface area contributed by atoms with Crippen LogP contribution in [0.3, 0.4) is 0 Å². The lowest BCUT2D eigenvalue weighted by Crippen LogP contribution is -2.38. The Bertz CT molecular complexity index is 814. The molecule has 1 aromatic carbocycles. The van der Waals surface area contributed by atoms with Gasteiger partial charge in [-0.2, -0.15) is 0 Å². The quantitative estimate of drug-likeness (QED) is 0.230. The third-order valence-electron chi connectivity index (χ3n) is 4.88. The number of rotatable bonds is 9. The van der Waals surface area contributed by atoms with E-state index in [0.29, 0.717) is 5.92 Å². The largest absolute Gasteiger partial charge is 0.357 e. The Morgan fingerprint density at radius 3 is 2.45 bits per heavy atom. The Morgan fingerprint density at radius 2 is 1.79 bits per heavy atom. The van der Waals surface area contributed by atoms with Gasteiger partial charge in [0.05, 0.1) is 0 Å². The van der Waals surface area contributed by atoms with Crippen LogP contribution in [0, 0.1) is 13.8 Å². The molecule has 0 amide bonds. The van der Waals surface area contributed by atoms with Crippen LogP contribution in [-0.4, -0.2) is 30.2 Å². The first-order valence-corrected chi connectivity index (χ1v) is 10.3. The fourth-order valence-corrected chi connectivity index (χ4v) is 3.08. The number of unbranched alkanes of at least 4 members (excludes halogenated alkanes) is 1. The standard InChI is InChI=1S/C23H34N4O.HI/c1-5-24-23(26-17-19(3)21-13-11-18(2)12-14-21)25-15-6-7-16-27-20(4)9-8-10-22(27)28;/h8-14,19H,5-7,15-17H2,1-4H3,(H2,24,25,26);1H. The molecule has 0 spiro atoms. The van der Waals surface area contributed by atoms with Crippen molar-refractivity contribution >= 4 is 29.9 Å². The van der Waals surface area contributed by atoms with Gasteiger partial charge in [0.2, 0.25) is 0 Å². The number of aryl methyl sites for hydroxylation is 2. The molecule has 1 unspecified atom stereocenters. The maximum atomic E-state index is 11.9. The molecule has 160 valence electrons. The molecule has 0 fully saturated rings. The molecule has 0 aliphatic rings. The molecule has 2 aromatic rings. The van der Waals surface area contributed by atoms with Crippen molar-refractivity contribution in [2.45, 2.75) is 53.0 Å². The summed E-state index contributed by atoms with van der Waals surface area (Å²) in [6.45, 7) is 11.5. The van der Waals surface area contributed by atoms with Gasteiger partial charge in [-0.3, -0.25) is 9.79 Å². The van der Waals surface area contributed by atoms with Gasteiger partial charge in [0.15, 0.2) is 5.96 Å². The summed E-state index contributed by atoms with van der Waals surface area (Å²) in [6, 6.07) is 14.1. The summed E-state index contributed by atoms with van der Waals surface area (Å²) in [7, 11) is 0. The van der Waals surface area contributed by atoms with E-state index in [4.69, 9.17) is 4.99 Å². The van der Waals surface area contributed by atoms with Crippen LogP contribution in [0.25, 0.3) is 0 Å². The first kappa shape index (κ1) is 25.2. The molecule has 1 heterocycles. The maximum absolute atomic E-state index is 11.9. The minimum Gasteiger partial charge on any atom is -0.357 e. The number of pyridine rings is 1. The molecule has 0 bridgehead atoms. The SMILES string of the molecule is CCNC(=NCC(C)c1ccc(C)cc1)NCCCCn1c(C)cccc1=O.I. The minimum absolute atomic E-state index is 0. The Kier molecular flexibility index (Phi) is 11.7. The number of guanidine groups is 1. The molecule has 2 rings (SSSR count). The summed E-state index contributed by atoms with van der Waals surface area (Å²) < 4.78 is 1.84. The Morgan fingerprint density at radius 1 is 1.07 bits per heavy atom. The molecule has 29 heavy (non-hydrogen) atoms. The number of benzene rings is 1. The molecule has 0 aliphatic carbocycles. The number of hydrogen-bond donors (Lipinski definition) is 2. The Labute approximate surface area is 192 Å².